The number of rotatable bonds is 15. The Morgan fingerprint density at radius 2 is 1.33 bits per heavy atom. The van der Waals surface area contributed by atoms with Crippen molar-refractivity contribution in [2.24, 2.45) is 0 Å². The Labute approximate surface area is 266 Å². The lowest BCUT2D eigenvalue weighted by Gasteiger charge is -2.34. The van der Waals surface area contributed by atoms with E-state index in [2.05, 4.69) is 5.32 Å². The standard InChI is InChI=1S/C36H41N3O5S/c1-4-28(3)37-36(41)33(25-29-17-9-6-10-18-29)38(26-30-19-11-7-12-20-30)35(40)27-39(32-23-15-16-24-34(32)44-5-2)45(42,43)31-21-13-8-14-22-31/h6-24,28,33H,4-5,25-27H2,1-3H3,(H,37,41)/t28-,33+/m1/s1. The molecule has 0 unspecified atom stereocenters. The number of carbonyl (C=O) groups excluding carboxylic acids is 2. The molecule has 4 aromatic carbocycles. The van der Waals surface area contributed by atoms with E-state index in [1.54, 1.807) is 42.5 Å². The van der Waals surface area contributed by atoms with Crippen LogP contribution in [0.5, 0.6) is 5.75 Å². The highest BCUT2D eigenvalue weighted by atomic mass is 32.2. The van der Waals surface area contributed by atoms with Gasteiger partial charge in [-0.1, -0.05) is 97.9 Å². The second-order valence-electron chi connectivity index (χ2n) is 10.8. The van der Waals surface area contributed by atoms with Gasteiger partial charge in [-0.15, -0.1) is 0 Å². The summed E-state index contributed by atoms with van der Waals surface area (Å²) in [5.41, 5.74) is 1.93. The molecule has 2 amide bonds. The molecule has 0 spiro atoms. The van der Waals surface area contributed by atoms with E-state index in [4.69, 9.17) is 4.74 Å². The number of carbonyl (C=O) groups is 2. The Bertz CT molecular complexity index is 1630. The molecule has 45 heavy (non-hydrogen) atoms. The molecule has 8 nitrogen and oxygen atoms in total. The first-order chi connectivity index (χ1) is 21.7. The minimum absolute atomic E-state index is 0.0362. The maximum absolute atomic E-state index is 14.6. The highest BCUT2D eigenvalue weighted by Gasteiger charge is 2.35. The Kier molecular flexibility index (Phi) is 11.8. The SMILES string of the molecule is CCOc1ccccc1N(CC(=O)N(Cc1ccccc1)[C@@H](Cc1ccccc1)C(=O)N[C@H](C)CC)S(=O)(=O)c1ccccc1. The summed E-state index contributed by atoms with van der Waals surface area (Å²) in [6.07, 6.45) is 0.969. The molecule has 0 fully saturated rings. The van der Waals surface area contributed by atoms with Crippen LogP contribution in [0.15, 0.2) is 120 Å². The first kappa shape index (κ1) is 33.3. The monoisotopic (exact) mass is 627 g/mol. The second-order valence-corrected chi connectivity index (χ2v) is 12.6. The van der Waals surface area contributed by atoms with E-state index in [0.717, 1.165) is 15.4 Å². The smallest absolute Gasteiger partial charge is 0.264 e. The summed E-state index contributed by atoms with van der Waals surface area (Å²) in [5.74, 6) is -0.494. The normalized spacial score (nSPS) is 12.5. The zero-order valence-electron chi connectivity index (χ0n) is 26.0. The van der Waals surface area contributed by atoms with E-state index in [1.807, 2.05) is 81.4 Å². The van der Waals surface area contributed by atoms with Gasteiger partial charge in [-0.05, 0) is 55.7 Å². The lowest BCUT2D eigenvalue weighted by molar-refractivity contribution is -0.140. The molecule has 0 aromatic heterocycles. The van der Waals surface area contributed by atoms with Crippen LogP contribution in [0.2, 0.25) is 0 Å². The van der Waals surface area contributed by atoms with Crippen LogP contribution in [0.4, 0.5) is 5.69 Å². The summed E-state index contributed by atoms with van der Waals surface area (Å²) < 4.78 is 35.3. The van der Waals surface area contributed by atoms with Crippen LogP contribution in [0.1, 0.15) is 38.3 Å². The molecule has 2 atom stereocenters. The van der Waals surface area contributed by atoms with Gasteiger partial charge in [-0.3, -0.25) is 13.9 Å². The van der Waals surface area contributed by atoms with Gasteiger partial charge >= 0.3 is 0 Å². The van der Waals surface area contributed by atoms with Crippen molar-refractivity contribution in [3.8, 4) is 5.75 Å². The van der Waals surface area contributed by atoms with E-state index < -0.39 is 28.5 Å². The van der Waals surface area contributed by atoms with Crippen molar-refractivity contribution in [1.82, 2.24) is 10.2 Å². The average Bonchev–Trinajstić information content (AvgIpc) is 3.06. The molecular formula is C36H41N3O5S. The van der Waals surface area contributed by atoms with Gasteiger partial charge in [0.05, 0.1) is 17.2 Å². The zero-order chi connectivity index (χ0) is 32.2. The first-order valence-electron chi connectivity index (χ1n) is 15.2. The predicted octanol–water partition coefficient (Wildman–Crippen LogP) is 5.84. The summed E-state index contributed by atoms with van der Waals surface area (Å²) in [7, 11) is -4.22. The van der Waals surface area contributed by atoms with Crippen molar-refractivity contribution in [3.05, 3.63) is 126 Å². The lowest BCUT2D eigenvalue weighted by Crippen LogP contribution is -2.54. The Hall–Kier alpha value is -4.63. The number of ether oxygens (including phenoxy) is 1. The molecule has 0 aliphatic rings. The molecule has 0 aliphatic heterocycles. The van der Waals surface area contributed by atoms with E-state index in [0.29, 0.717) is 18.8 Å². The Balaban J connectivity index is 1.82. The Morgan fingerprint density at radius 3 is 1.93 bits per heavy atom. The van der Waals surface area contributed by atoms with Crippen LogP contribution < -0.4 is 14.4 Å². The van der Waals surface area contributed by atoms with Crippen LogP contribution in [-0.4, -0.2) is 50.4 Å². The van der Waals surface area contributed by atoms with Gasteiger partial charge in [0.1, 0.15) is 18.3 Å². The number of nitrogens with one attached hydrogen (secondary N) is 1. The number of benzene rings is 4. The average molecular weight is 628 g/mol. The van der Waals surface area contributed by atoms with Crippen molar-refractivity contribution < 1.29 is 22.7 Å². The largest absolute Gasteiger partial charge is 0.492 e. The number of anilines is 1. The zero-order valence-corrected chi connectivity index (χ0v) is 26.8. The lowest BCUT2D eigenvalue weighted by atomic mass is 10.0. The fourth-order valence-electron chi connectivity index (χ4n) is 4.95. The number of sulfonamides is 1. The molecule has 4 aromatic rings. The van der Waals surface area contributed by atoms with Crippen LogP contribution >= 0.6 is 0 Å². The van der Waals surface area contributed by atoms with Gasteiger partial charge in [0, 0.05) is 19.0 Å². The number of hydrogen-bond acceptors (Lipinski definition) is 5. The number of para-hydroxylation sites is 2. The van der Waals surface area contributed by atoms with Gasteiger partial charge in [-0.2, -0.15) is 0 Å². The third-order valence-corrected chi connectivity index (χ3v) is 9.29. The summed E-state index contributed by atoms with van der Waals surface area (Å²) in [6, 6.07) is 32.6. The predicted molar refractivity (Wildman–Crippen MR) is 177 cm³/mol. The van der Waals surface area contributed by atoms with Gasteiger partial charge < -0.3 is 15.0 Å². The van der Waals surface area contributed by atoms with E-state index >= 15 is 0 Å². The van der Waals surface area contributed by atoms with Crippen LogP contribution in [0.3, 0.4) is 0 Å². The van der Waals surface area contributed by atoms with Crippen LogP contribution in [0, 0.1) is 0 Å². The minimum Gasteiger partial charge on any atom is -0.492 e. The molecule has 0 bridgehead atoms. The highest BCUT2D eigenvalue weighted by Crippen LogP contribution is 2.33. The van der Waals surface area contributed by atoms with E-state index in [-0.39, 0.29) is 35.5 Å². The quantitative estimate of drug-likeness (QED) is 0.179. The molecular weight excluding hydrogens is 586 g/mol. The fourth-order valence-corrected chi connectivity index (χ4v) is 6.39. The molecule has 4 rings (SSSR count). The molecule has 0 radical (unpaired) electrons. The number of hydrogen-bond donors (Lipinski definition) is 1. The molecule has 1 N–H and O–H groups in total. The minimum atomic E-state index is -4.22. The maximum atomic E-state index is 14.6. The molecule has 0 heterocycles. The highest BCUT2D eigenvalue weighted by molar-refractivity contribution is 7.92. The first-order valence-corrected chi connectivity index (χ1v) is 16.7. The van der Waals surface area contributed by atoms with Crippen molar-refractivity contribution in [3.63, 3.8) is 0 Å². The molecule has 0 saturated carbocycles. The molecule has 236 valence electrons. The topological polar surface area (TPSA) is 96.0 Å². The molecule has 0 saturated heterocycles. The van der Waals surface area contributed by atoms with Crippen molar-refractivity contribution in [2.45, 2.75) is 57.1 Å². The summed E-state index contributed by atoms with van der Waals surface area (Å²) in [4.78, 5) is 30.0. The third kappa shape index (κ3) is 8.73. The molecule has 9 heteroatoms. The second kappa shape index (κ2) is 15.9. The van der Waals surface area contributed by atoms with Gasteiger partial charge in [0.25, 0.3) is 10.0 Å². The van der Waals surface area contributed by atoms with Crippen molar-refractivity contribution >= 4 is 27.5 Å². The number of amides is 2. The summed E-state index contributed by atoms with van der Waals surface area (Å²) in [6.45, 7) is 5.57. The number of nitrogens with zero attached hydrogens (tertiary/aromatic N) is 2. The summed E-state index contributed by atoms with van der Waals surface area (Å²) in [5, 5.41) is 3.05. The van der Waals surface area contributed by atoms with E-state index in [9.17, 15) is 18.0 Å². The van der Waals surface area contributed by atoms with Gasteiger partial charge in [0.15, 0.2) is 0 Å². The van der Waals surface area contributed by atoms with Gasteiger partial charge in [-0.25, -0.2) is 8.42 Å². The van der Waals surface area contributed by atoms with E-state index in [1.165, 1.54) is 17.0 Å². The van der Waals surface area contributed by atoms with Crippen molar-refractivity contribution in [2.75, 3.05) is 17.5 Å². The third-order valence-electron chi connectivity index (χ3n) is 7.51. The maximum Gasteiger partial charge on any atom is 0.264 e. The summed E-state index contributed by atoms with van der Waals surface area (Å²) >= 11 is 0. The van der Waals surface area contributed by atoms with Crippen LogP contribution in [0.25, 0.3) is 0 Å². The van der Waals surface area contributed by atoms with Gasteiger partial charge in [0.2, 0.25) is 11.8 Å². The fraction of sp³-hybridized carbons (Fsp3) is 0.278. The Morgan fingerprint density at radius 1 is 0.778 bits per heavy atom. The molecule has 0 aliphatic carbocycles. The van der Waals surface area contributed by atoms with Crippen molar-refractivity contribution in [1.29, 1.82) is 0 Å². The van der Waals surface area contributed by atoms with Crippen LogP contribution in [-0.2, 0) is 32.6 Å².